The van der Waals surface area contributed by atoms with Crippen molar-refractivity contribution in [3.8, 4) is 0 Å². The van der Waals surface area contributed by atoms with Crippen LogP contribution >= 0.6 is 0 Å². The molecule has 0 saturated carbocycles. The summed E-state index contributed by atoms with van der Waals surface area (Å²) in [6, 6.07) is 0. The van der Waals surface area contributed by atoms with E-state index < -0.39 is 104 Å². The Kier molecular flexibility index (Phi) is 30.3. The summed E-state index contributed by atoms with van der Waals surface area (Å²) in [4.78, 5) is 10.6. The molecule has 0 aromatic carbocycles. The quantitative estimate of drug-likeness (QED) is 0.106. The van der Waals surface area contributed by atoms with Gasteiger partial charge in [-0.05, 0) is 40.0 Å². The summed E-state index contributed by atoms with van der Waals surface area (Å²) in [5, 5.41) is 105. The van der Waals surface area contributed by atoms with Gasteiger partial charge in [0.05, 0.1) is 75.8 Å². The van der Waals surface area contributed by atoms with E-state index in [1.807, 2.05) is 13.8 Å². The summed E-state index contributed by atoms with van der Waals surface area (Å²) >= 11 is 0. The first-order valence-corrected chi connectivity index (χ1v) is 21.5. The van der Waals surface area contributed by atoms with Crippen LogP contribution in [0.3, 0.4) is 0 Å². The van der Waals surface area contributed by atoms with Gasteiger partial charge in [-0.25, -0.2) is 0 Å². The molecule has 0 aromatic heterocycles. The highest BCUT2D eigenvalue weighted by Gasteiger charge is 2.53. The van der Waals surface area contributed by atoms with Crippen molar-refractivity contribution in [2.45, 2.75) is 183 Å². The summed E-state index contributed by atoms with van der Waals surface area (Å²) in [6.07, 6.45) is -14.5. The second-order valence-electron chi connectivity index (χ2n) is 17.2. The number of ether oxygens (including phenoxy) is 11. The minimum absolute atomic E-state index is 0. The number of carbonyl (C=O) groups is 1. The van der Waals surface area contributed by atoms with Gasteiger partial charge in [0.2, 0.25) is 0 Å². The van der Waals surface area contributed by atoms with Crippen LogP contribution in [0.1, 0.15) is 61.3 Å². The van der Waals surface area contributed by atoms with E-state index in [1.165, 1.54) is 14.0 Å². The summed E-state index contributed by atoms with van der Waals surface area (Å²) in [5.74, 6) is -1.20. The number of methoxy groups -OCH3 is 2. The van der Waals surface area contributed by atoms with E-state index in [1.54, 1.807) is 41.9 Å². The van der Waals surface area contributed by atoms with Gasteiger partial charge < -0.3 is 119 Å². The fraction of sp³-hybridized carbons (Fsp3) is 0.976. The number of aliphatic hydroxyl groups is 11. The molecule has 6 fully saturated rings. The third kappa shape index (κ3) is 19.4. The molecule has 66 heavy (non-hydrogen) atoms. The molecule has 0 amide bonds. The Morgan fingerprint density at radius 1 is 0.652 bits per heavy atom. The predicted molar refractivity (Wildman–Crippen MR) is 226 cm³/mol. The normalized spacial score (nSPS) is 42.7. The molecule has 0 aliphatic carbocycles. The van der Waals surface area contributed by atoms with Crippen molar-refractivity contribution in [3.05, 3.63) is 0 Å². The highest BCUT2D eigenvalue weighted by molar-refractivity contribution is 5.65. The molecule has 6 heterocycles. The Morgan fingerprint density at radius 3 is 1.71 bits per heavy atom. The van der Waals surface area contributed by atoms with Gasteiger partial charge in [-0.1, -0.05) is 13.8 Å². The van der Waals surface area contributed by atoms with Crippen LogP contribution in [0, 0.1) is 11.8 Å². The van der Waals surface area contributed by atoms with Crippen molar-refractivity contribution in [2.24, 2.45) is 11.8 Å². The van der Waals surface area contributed by atoms with Gasteiger partial charge in [-0.2, -0.15) is 0 Å². The topological polar surface area (TPSA) is 404 Å². The van der Waals surface area contributed by atoms with Gasteiger partial charge in [-0.3, -0.25) is 4.79 Å². The molecule has 21 atom stereocenters. The Hall–Kier alpha value is -1.45. The summed E-state index contributed by atoms with van der Waals surface area (Å²) in [7, 11) is 4.60. The minimum atomic E-state index is -1.41. The van der Waals surface area contributed by atoms with E-state index in [-0.39, 0.29) is 80.2 Å². The third-order valence-electron chi connectivity index (χ3n) is 11.5. The fourth-order valence-electron chi connectivity index (χ4n) is 7.25. The van der Waals surface area contributed by atoms with Gasteiger partial charge in [0.25, 0.3) is 0 Å². The lowest BCUT2D eigenvalue weighted by Crippen LogP contribution is -2.66. The number of hydrogen-bond donors (Lipinski definition) is 11. The van der Waals surface area contributed by atoms with Gasteiger partial charge in [-0.15, -0.1) is 0 Å². The van der Waals surface area contributed by atoms with E-state index in [2.05, 4.69) is 4.74 Å². The van der Waals surface area contributed by atoms with Crippen molar-refractivity contribution in [1.29, 1.82) is 0 Å². The van der Waals surface area contributed by atoms with Crippen LogP contribution in [0.15, 0.2) is 0 Å². The van der Waals surface area contributed by atoms with Crippen LogP contribution in [-0.4, -0.2) is 256 Å². The maximum absolute atomic E-state index is 10.6. The van der Waals surface area contributed by atoms with E-state index in [0.717, 1.165) is 6.42 Å². The van der Waals surface area contributed by atoms with Gasteiger partial charge in [0, 0.05) is 40.6 Å². The van der Waals surface area contributed by atoms with Gasteiger partial charge in [0.15, 0.2) is 18.4 Å². The van der Waals surface area contributed by atoms with Gasteiger partial charge in [0.1, 0.15) is 67.6 Å². The average molecular weight is 975 g/mol. The van der Waals surface area contributed by atoms with Crippen molar-refractivity contribution in [3.63, 3.8) is 0 Å². The molecule has 6 saturated heterocycles. The molecule has 0 bridgehead atoms. The largest absolute Gasteiger partial charge is 0.463 e. The molecular formula is C41H82O25. The molecule has 6 rings (SSSR count). The first kappa shape index (κ1) is 64.5. The van der Waals surface area contributed by atoms with E-state index in [0.29, 0.717) is 13.0 Å². The molecule has 6 aliphatic heterocycles. The first-order chi connectivity index (χ1) is 30.0. The molecule has 396 valence electrons. The van der Waals surface area contributed by atoms with Crippen molar-refractivity contribution < 1.29 is 124 Å². The first-order valence-electron chi connectivity index (χ1n) is 21.5. The molecular weight excluding hydrogens is 892 g/mol. The van der Waals surface area contributed by atoms with Gasteiger partial charge >= 0.3 is 5.97 Å². The van der Waals surface area contributed by atoms with Crippen LogP contribution in [0.5, 0.6) is 0 Å². The number of esters is 1. The fourth-order valence-corrected chi connectivity index (χ4v) is 7.25. The second-order valence-corrected chi connectivity index (χ2v) is 17.2. The Bertz CT molecular complexity index is 1260. The number of fused-ring (bicyclic) bond motifs is 1. The van der Waals surface area contributed by atoms with E-state index in [9.17, 15) is 40.5 Å². The Morgan fingerprint density at radius 2 is 1.20 bits per heavy atom. The standard InChI is InChI=1S/C16H28O10.C10H18O5.C7H14O3.C6H12O4.C2H6O.2H2O/c1-6-12(8(17)10(19)14(21-4)23-6)25-15-11(20)9(18)13-7(24-15)5-22-16(2,3)26-13;1-5-6(2)15-8(4-14-7(3)11)10(13)9(5)12;1-5-2-6(3-8)10-4-7(5)9;7-2-4-1-5(8)6(9)3-10-4;1-3-2;;/h6-15,17-20H,5H2,1-4H3;5-6,8-10,12-13H,4H2,1-3H3;5-9H,2-4H2,1H3;4-9H,1-3H2;1-2H3;2*1H2/t6?,7?,8-,9-,10?,11?,12+,13+,14+,15-;5?,6-,8?,9+,10-;5-,6?,7?;4?,5-,6?;;;/m0111.../s1. The lowest BCUT2D eigenvalue weighted by molar-refractivity contribution is -0.397. The van der Waals surface area contributed by atoms with Crippen molar-refractivity contribution in [2.75, 3.05) is 61.0 Å². The Balaban J connectivity index is 0.000000899. The highest BCUT2D eigenvalue weighted by Crippen LogP contribution is 2.35. The van der Waals surface area contributed by atoms with Crippen LogP contribution in [0.2, 0.25) is 0 Å². The summed E-state index contributed by atoms with van der Waals surface area (Å²) in [6.45, 7) is 12.5. The molecule has 25 nitrogen and oxygen atoms in total. The average Bonchev–Trinajstić information content (AvgIpc) is 3.25. The lowest BCUT2D eigenvalue weighted by Gasteiger charge is -2.50. The predicted octanol–water partition coefficient (Wildman–Crippen LogP) is -5.36. The minimum Gasteiger partial charge on any atom is -0.463 e. The molecule has 25 heteroatoms. The number of rotatable bonds is 7. The Labute approximate surface area is 385 Å². The maximum atomic E-state index is 10.6. The van der Waals surface area contributed by atoms with E-state index in [4.69, 9.17) is 67.8 Å². The molecule has 0 aromatic rings. The van der Waals surface area contributed by atoms with Crippen LogP contribution < -0.4 is 0 Å². The number of aliphatic hydroxyl groups excluding tert-OH is 11. The highest BCUT2D eigenvalue weighted by atomic mass is 16.8. The van der Waals surface area contributed by atoms with E-state index >= 15 is 0 Å². The third-order valence-corrected chi connectivity index (χ3v) is 11.5. The zero-order chi connectivity index (χ0) is 48.6. The molecule has 10 unspecified atom stereocenters. The van der Waals surface area contributed by atoms with Crippen molar-refractivity contribution in [1.82, 2.24) is 0 Å². The zero-order valence-corrected chi connectivity index (χ0v) is 39.6. The second kappa shape index (κ2) is 31.0. The smallest absolute Gasteiger partial charge is 0.302 e. The monoisotopic (exact) mass is 975 g/mol. The number of carbonyl (C=O) groups excluding carboxylic acids is 1. The SMILES string of the molecule is CC(=O)OCC1O[C@H](C)C(C)[C@H](O)[C@@H]1O.COC.CO[C@@H]1OC(C)[C@@H](O[C@@H]2OC3COC(C)(C)O[C@H]3[C@@H](O)C2O)[C@@H](O)C1O.C[C@@H]1CC(CO)OCC1O.O.O.OCC1C[C@@H](O)C(O)CO1. The molecule has 0 radical (unpaired) electrons. The summed E-state index contributed by atoms with van der Waals surface area (Å²) < 4.78 is 57.5. The van der Waals surface area contributed by atoms with Crippen LogP contribution in [-0.2, 0) is 56.9 Å². The van der Waals surface area contributed by atoms with Crippen molar-refractivity contribution >= 4 is 5.97 Å². The summed E-state index contributed by atoms with van der Waals surface area (Å²) in [5.41, 5.74) is 0. The van der Waals surface area contributed by atoms with Crippen LogP contribution in [0.25, 0.3) is 0 Å². The maximum Gasteiger partial charge on any atom is 0.302 e. The molecule has 15 N–H and O–H groups in total. The number of hydrogen-bond acceptors (Lipinski definition) is 23. The van der Waals surface area contributed by atoms with Crippen LogP contribution in [0.4, 0.5) is 0 Å². The lowest BCUT2D eigenvalue weighted by atomic mass is 9.89. The zero-order valence-electron chi connectivity index (χ0n) is 39.6. The molecule has 6 aliphatic rings. The molecule has 0 spiro atoms.